The zero-order valence-corrected chi connectivity index (χ0v) is 6.90. The predicted octanol–water partition coefficient (Wildman–Crippen LogP) is 1.72. The molecule has 4 nitrogen and oxygen atoms in total. The standard InChI is InChI=1S/C4H6Cl2O4/c1-3(5)7-9-4(2,6)10-8-3/h1-2H3. The van der Waals surface area contributed by atoms with E-state index in [-0.39, 0.29) is 0 Å². The summed E-state index contributed by atoms with van der Waals surface area (Å²) >= 11 is 10.9. The molecular formula is C4H6Cl2O4. The molecule has 1 fully saturated rings. The van der Waals surface area contributed by atoms with Crippen LogP contribution in [0.15, 0.2) is 0 Å². The van der Waals surface area contributed by atoms with Crippen LogP contribution in [0.4, 0.5) is 0 Å². The quantitative estimate of drug-likeness (QED) is 0.429. The molecule has 0 amide bonds. The van der Waals surface area contributed by atoms with Gasteiger partial charge in [0.25, 0.3) is 0 Å². The highest BCUT2D eigenvalue weighted by Crippen LogP contribution is 2.32. The number of hydrogen-bond acceptors (Lipinski definition) is 4. The van der Waals surface area contributed by atoms with Gasteiger partial charge < -0.3 is 0 Å². The van der Waals surface area contributed by atoms with E-state index < -0.39 is 10.5 Å². The van der Waals surface area contributed by atoms with E-state index in [9.17, 15) is 0 Å². The second kappa shape index (κ2) is 2.48. The molecule has 0 spiro atoms. The predicted molar refractivity (Wildman–Crippen MR) is 32.9 cm³/mol. The minimum absolute atomic E-state index is 1.40. The molecule has 0 aromatic rings. The molecule has 0 aromatic heterocycles. The summed E-state index contributed by atoms with van der Waals surface area (Å²) in [5.41, 5.74) is 0. The molecule has 0 N–H and O–H groups in total. The molecule has 0 aliphatic carbocycles. The van der Waals surface area contributed by atoms with Crippen molar-refractivity contribution in [1.29, 1.82) is 0 Å². The molecule has 0 radical (unpaired) electrons. The lowest BCUT2D eigenvalue weighted by Gasteiger charge is -2.32. The first-order chi connectivity index (χ1) is 4.41. The molecular weight excluding hydrogens is 183 g/mol. The summed E-state index contributed by atoms with van der Waals surface area (Å²) in [4.78, 5) is 17.9. The summed E-state index contributed by atoms with van der Waals surface area (Å²) in [5, 5.41) is -2.84. The summed E-state index contributed by atoms with van der Waals surface area (Å²) in [5.74, 6) is 0. The normalized spacial score (nSPS) is 49.2. The van der Waals surface area contributed by atoms with Gasteiger partial charge in [-0.15, -0.1) is 0 Å². The van der Waals surface area contributed by atoms with Crippen LogP contribution < -0.4 is 0 Å². The third-order valence-corrected chi connectivity index (χ3v) is 0.931. The van der Waals surface area contributed by atoms with Crippen molar-refractivity contribution in [1.82, 2.24) is 0 Å². The third-order valence-electron chi connectivity index (χ3n) is 0.679. The molecule has 1 rings (SSSR count). The van der Waals surface area contributed by atoms with E-state index in [1.54, 1.807) is 0 Å². The fourth-order valence-corrected chi connectivity index (χ4v) is 0.451. The van der Waals surface area contributed by atoms with E-state index in [1.807, 2.05) is 0 Å². The van der Waals surface area contributed by atoms with Crippen molar-refractivity contribution in [3.05, 3.63) is 0 Å². The Hall–Kier alpha value is 0.420. The van der Waals surface area contributed by atoms with Gasteiger partial charge in [0, 0.05) is 13.8 Å². The maximum Gasteiger partial charge on any atom is 0.304 e. The van der Waals surface area contributed by atoms with Crippen molar-refractivity contribution in [3.8, 4) is 0 Å². The topological polar surface area (TPSA) is 36.9 Å². The van der Waals surface area contributed by atoms with Crippen molar-refractivity contribution in [2.24, 2.45) is 0 Å². The van der Waals surface area contributed by atoms with Gasteiger partial charge in [0.05, 0.1) is 0 Å². The van der Waals surface area contributed by atoms with Gasteiger partial charge in [-0.2, -0.15) is 19.6 Å². The van der Waals surface area contributed by atoms with Crippen LogP contribution >= 0.6 is 23.2 Å². The zero-order valence-electron chi connectivity index (χ0n) is 5.39. The van der Waals surface area contributed by atoms with Crippen molar-refractivity contribution < 1.29 is 19.6 Å². The fraction of sp³-hybridized carbons (Fsp3) is 1.00. The van der Waals surface area contributed by atoms with Crippen LogP contribution in [-0.4, -0.2) is 10.5 Å². The molecule has 1 aliphatic heterocycles. The minimum atomic E-state index is -1.42. The van der Waals surface area contributed by atoms with Crippen LogP contribution in [0.5, 0.6) is 0 Å². The number of rotatable bonds is 0. The lowest BCUT2D eigenvalue weighted by Crippen LogP contribution is -2.41. The van der Waals surface area contributed by atoms with Gasteiger partial charge in [0.15, 0.2) is 0 Å². The smallest absolute Gasteiger partial charge is 0.177 e. The third kappa shape index (κ3) is 2.23. The number of hydrogen-bond donors (Lipinski definition) is 0. The van der Waals surface area contributed by atoms with Gasteiger partial charge in [-0.3, -0.25) is 0 Å². The summed E-state index contributed by atoms with van der Waals surface area (Å²) in [6.07, 6.45) is 0. The first-order valence-electron chi connectivity index (χ1n) is 2.53. The van der Waals surface area contributed by atoms with Crippen LogP contribution in [0.1, 0.15) is 13.8 Å². The number of halogens is 2. The average molecular weight is 189 g/mol. The first kappa shape index (κ1) is 8.52. The van der Waals surface area contributed by atoms with E-state index in [0.717, 1.165) is 0 Å². The molecule has 0 bridgehead atoms. The zero-order chi connectivity index (χ0) is 7.83. The lowest BCUT2D eigenvalue weighted by molar-refractivity contribution is -0.611. The van der Waals surface area contributed by atoms with E-state index in [2.05, 4.69) is 19.6 Å². The van der Waals surface area contributed by atoms with E-state index in [0.29, 0.717) is 0 Å². The summed E-state index contributed by atoms with van der Waals surface area (Å²) < 4.78 is 0. The maximum absolute atomic E-state index is 5.45. The molecule has 60 valence electrons. The van der Waals surface area contributed by atoms with Crippen LogP contribution in [-0.2, 0) is 19.6 Å². The second-order valence-corrected chi connectivity index (χ2v) is 3.38. The van der Waals surface area contributed by atoms with E-state index in [4.69, 9.17) is 23.2 Å². The van der Waals surface area contributed by atoms with Crippen molar-refractivity contribution >= 4 is 23.2 Å². The largest absolute Gasteiger partial charge is 0.304 e. The Labute approximate surface area is 67.7 Å². The average Bonchev–Trinajstić information content (AvgIpc) is 1.79. The molecule has 1 aliphatic rings. The van der Waals surface area contributed by atoms with Crippen LogP contribution in [0.3, 0.4) is 0 Å². The molecule has 0 atom stereocenters. The Bertz CT molecular complexity index is 107. The molecule has 6 heteroatoms. The summed E-state index contributed by atoms with van der Waals surface area (Å²) in [7, 11) is 0. The molecule has 1 heterocycles. The number of alkyl halides is 2. The monoisotopic (exact) mass is 188 g/mol. The van der Waals surface area contributed by atoms with E-state index in [1.165, 1.54) is 13.8 Å². The Kier molecular flexibility index (Phi) is 2.11. The van der Waals surface area contributed by atoms with Gasteiger partial charge in [-0.25, -0.2) is 0 Å². The SMILES string of the molecule is CC1(Cl)OOC(C)(Cl)OO1. The van der Waals surface area contributed by atoms with Crippen LogP contribution in [0.25, 0.3) is 0 Å². The first-order valence-corrected chi connectivity index (χ1v) is 3.28. The van der Waals surface area contributed by atoms with Crippen molar-refractivity contribution in [2.45, 2.75) is 24.3 Å². The maximum atomic E-state index is 5.45. The molecule has 1 saturated heterocycles. The molecule has 10 heavy (non-hydrogen) atoms. The highest BCUT2D eigenvalue weighted by molar-refractivity contribution is 6.22. The molecule has 0 aromatic carbocycles. The molecule has 0 saturated carbocycles. The minimum Gasteiger partial charge on any atom is -0.177 e. The van der Waals surface area contributed by atoms with Crippen LogP contribution in [0.2, 0.25) is 0 Å². The van der Waals surface area contributed by atoms with Gasteiger partial charge in [0.1, 0.15) is 0 Å². The molecule has 0 unspecified atom stereocenters. The van der Waals surface area contributed by atoms with E-state index >= 15 is 0 Å². The Balaban J connectivity index is 2.46. The van der Waals surface area contributed by atoms with Gasteiger partial charge >= 0.3 is 10.5 Å². The van der Waals surface area contributed by atoms with Crippen molar-refractivity contribution in [2.75, 3.05) is 0 Å². The second-order valence-electron chi connectivity index (χ2n) is 2.00. The Morgan fingerprint density at radius 1 is 0.800 bits per heavy atom. The summed E-state index contributed by atoms with van der Waals surface area (Å²) in [6, 6.07) is 0. The fourth-order valence-electron chi connectivity index (χ4n) is 0.325. The van der Waals surface area contributed by atoms with Crippen LogP contribution in [0, 0.1) is 0 Å². The van der Waals surface area contributed by atoms with Gasteiger partial charge in [0.2, 0.25) is 0 Å². The lowest BCUT2D eigenvalue weighted by atomic mass is 10.7. The van der Waals surface area contributed by atoms with Gasteiger partial charge in [-0.05, 0) is 0 Å². The Morgan fingerprint density at radius 2 is 1.00 bits per heavy atom. The Morgan fingerprint density at radius 3 is 1.20 bits per heavy atom. The highest BCUT2D eigenvalue weighted by atomic mass is 35.5. The van der Waals surface area contributed by atoms with Crippen molar-refractivity contribution in [3.63, 3.8) is 0 Å². The van der Waals surface area contributed by atoms with Gasteiger partial charge in [-0.1, -0.05) is 23.2 Å². The summed E-state index contributed by atoms with van der Waals surface area (Å²) in [6.45, 7) is 2.81. The highest BCUT2D eigenvalue weighted by Gasteiger charge is 2.41.